The van der Waals surface area contributed by atoms with Crippen molar-refractivity contribution in [2.75, 3.05) is 10.7 Å². The van der Waals surface area contributed by atoms with Gasteiger partial charge in [0, 0.05) is 17.1 Å². The van der Waals surface area contributed by atoms with E-state index in [4.69, 9.17) is 4.98 Å². The molecule has 0 saturated heterocycles. The molecule has 2 heterocycles. The Balaban J connectivity index is 1.61. The summed E-state index contributed by atoms with van der Waals surface area (Å²) in [6.45, 7) is 6.14. The van der Waals surface area contributed by atoms with Crippen LogP contribution in [0.2, 0.25) is 0 Å². The minimum absolute atomic E-state index is 0.0497. The normalized spacial score (nSPS) is 15.5. The van der Waals surface area contributed by atoms with Gasteiger partial charge in [0.25, 0.3) is 0 Å². The summed E-state index contributed by atoms with van der Waals surface area (Å²) in [6, 6.07) is 16.4. The predicted molar refractivity (Wildman–Crippen MR) is 114 cm³/mol. The van der Waals surface area contributed by atoms with E-state index >= 15 is 0 Å². The van der Waals surface area contributed by atoms with Crippen LogP contribution in [-0.2, 0) is 11.2 Å². The van der Waals surface area contributed by atoms with Gasteiger partial charge in [-0.1, -0.05) is 36.0 Å². The van der Waals surface area contributed by atoms with Crippen molar-refractivity contribution in [3.05, 3.63) is 64.7 Å². The molecule has 1 aliphatic heterocycles. The van der Waals surface area contributed by atoms with Crippen LogP contribution in [0.4, 0.5) is 5.69 Å². The lowest BCUT2D eigenvalue weighted by atomic mass is 10.1. The fourth-order valence-corrected chi connectivity index (χ4v) is 4.77. The van der Waals surface area contributed by atoms with Gasteiger partial charge in [0.2, 0.25) is 5.91 Å². The molecule has 1 amide bonds. The second-order valence-electron chi connectivity index (χ2n) is 7.34. The maximum Gasteiger partial charge on any atom is 0.237 e. The van der Waals surface area contributed by atoms with Gasteiger partial charge in [-0.3, -0.25) is 4.79 Å². The molecule has 0 unspecified atom stereocenters. The first-order valence-corrected chi connectivity index (χ1v) is 10.3. The number of rotatable bonds is 3. The minimum atomic E-state index is 0.0497. The lowest BCUT2D eigenvalue weighted by molar-refractivity contribution is -0.116. The Kier molecular flexibility index (Phi) is 4.82. The molecule has 0 N–H and O–H groups in total. The molecule has 0 bridgehead atoms. The Bertz CT molecular complexity index is 1130. The van der Waals surface area contributed by atoms with Gasteiger partial charge in [-0.25, -0.2) is 4.98 Å². The first kappa shape index (κ1) is 18.5. The molecular formula is C23H21N3OS. The molecule has 0 fully saturated rings. The van der Waals surface area contributed by atoms with E-state index < -0.39 is 0 Å². The van der Waals surface area contributed by atoms with Crippen molar-refractivity contribution in [1.29, 1.82) is 5.26 Å². The highest BCUT2D eigenvalue weighted by Gasteiger charge is 2.30. The van der Waals surface area contributed by atoms with Crippen LogP contribution in [0.25, 0.3) is 10.9 Å². The summed E-state index contributed by atoms with van der Waals surface area (Å²) in [5.41, 5.74) is 5.84. The molecule has 3 aromatic rings. The fraction of sp³-hybridized carbons (Fsp3) is 0.261. The van der Waals surface area contributed by atoms with Crippen LogP contribution in [-0.4, -0.2) is 22.7 Å². The Hall–Kier alpha value is -2.84. The number of aryl methyl sites for hydroxylation is 2. The number of pyridine rings is 1. The van der Waals surface area contributed by atoms with Crippen LogP contribution in [0.5, 0.6) is 0 Å². The average Bonchev–Trinajstić information content (AvgIpc) is 3.01. The third kappa shape index (κ3) is 3.25. The summed E-state index contributed by atoms with van der Waals surface area (Å²) in [7, 11) is 0. The van der Waals surface area contributed by atoms with Crippen molar-refractivity contribution in [2.45, 2.75) is 38.3 Å². The van der Waals surface area contributed by atoms with Gasteiger partial charge >= 0.3 is 0 Å². The Morgan fingerprint density at radius 3 is 2.86 bits per heavy atom. The number of anilines is 1. The predicted octanol–water partition coefficient (Wildman–Crippen LogP) is 4.79. The van der Waals surface area contributed by atoms with Crippen LogP contribution in [0, 0.1) is 25.2 Å². The number of fused-ring (bicyclic) bond motifs is 2. The second-order valence-corrected chi connectivity index (χ2v) is 8.30. The van der Waals surface area contributed by atoms with E-state index in [2.05, 4.69) is 25.1 Å². The van der Waals surface area contributed by atoms with Crippen LogP contribution >= 0.6 is 11.8 Å². The highest BCUT2D eigenvalue weighted by molar-refractivity contribution is 8.00. The number of thioether (sulfide) groups is 1. The van der Waals surface area contributed by atoms with Crippen LogP contribution in [0.1, 0.15) is 29.2 Å². The van der Waals surface area contributed by atoms with Crippen molar-refractivity contribution >= 4 is 34.3 Å². The molecule has 1 atom stereocenters. The van der Waals surface area contributed by atoms with Gasteiger partial charge < -0.3 is 4.90 Å². The highest BCUT2D eigenvalue weighted by Crippen LogP contribution is 2.33. The first-order chi connectivity index (χ1) is 13.5. The topological polar surface area (TPSA) is 57.0 Å². The Labute approximate surface area is 169 Å². The number of para-hydroxylation sites is 1. The number of hydrogen-bond acceptors (Lipinski definition) is 4. The van der Waals surface area contributed by atoms with Gasteiger partial charge in [0.15, 0.2) is 0 Å². The quantitative estimate of drug-likeness (QED) is 0.606. The number of aromatic nitrogens is 1. The van der Waals surface area contributed by atoms with Crippen LogP contribution < -0.4 is 4.90 Å². The monoisotopic (exact) mass is 387 g/mol. The zero-order valence-electron chi connectivity index (χ0n) is 16.2. The molecule has 4 nitrogen and oxygen atoms in total. The standard InChI is InChI=1S/C23H21N3OS/c1-14-8-15(2)19-11-18(12-24)23(25-20(19)9-14)28-13-22(27)26-16(3)10-17-6-4-5-7-21(17)26/h4-9,11,16H,10,13H2,1-3H3/t16-/m0/s1. The number of carbonyl (C=O) groups is 1. The summed E-state index contributed by atoms with van der Waals surface area (Å²) in [5.74, 6) is 0.310. The second kappa shape index (κ2) is 7.29. The van der Waals surface area contributed by atoms with Crippen molar-refractivity contribution in [3.8, 4) is 6.07 Å². The molecular weight excluding hydrogens is 366 g/mol. The van der Waals surface area contributed by atoms with Gasteiger partial charge in [-0.2, -0.15) is 5.26 Å². The van der Waals surface area contributed by atoms with E-state index in [1.54, 1.807) is 0 Å². The van der Waals surface area contributed by atoms with Gasteiger partial charge in [0.05, 0.1) is 16.8 Å². The number of nitrogens with zero attached hydrogens (tertiary/aromatic N) is 3. The maximum atomic E-state index is 13.0. The zero-order chi connectivity index (χ0) is 19.8. The molecule has 2 aromatic carbocycles. The molecule has 5 heteroatoms. The summed E-state index contributed by atoms with van der Waals surface area (Å²) in [4.78, 5) is 19.5. The molecule has 1 aliphatic rings. The third-order valence-electron chi connectivity index (χ3n) is 5.18. The molecule has 1 aromatic heterocycles. The molecule has 4 rings (SSSR count). The number of carbonyl (C=O) groups excluding carboxylic acids is 1. The van der Waals surface area contributed by atoms with Crippen LogP contribution in [0.3, 0.4) is 0 Å². The van der Waals surface area contributed by atoms with Crippen molar-refractivity contribution in [1.82, 2.24) is 4.98 Å². The van der Waals surface area contributed by atoms with E-state index in [1.165, 1.54) is 17.3 Å². The first-order valence-electron chi connectivity index (χ1n) is 9.33. The Morgan fingerprint density at radius 1 is 1.29 bits per heavy atom. The molecule has 0 aliphatic carbocycles. The number of amides is 1. The van der Waals surface area contributed by atoms with Crippen molar-refractivity contribution in [2.24, 2.45) is 0 Å². The van der Waals surface area contributed by atoms with E-state index in [-0.39, 0.29) is 17.7 Å². The largest absolute Gasteiger partial charge is 0.308 e. The lowest BCUT2D eigenvalue weighted by Gasteiger charge is -2.22. The zero-order valence-corrected chi connectivity index (χ0v) is 17.0. The van der Waals surface area contributed by atoms with Crippen molar-refractivity contribution < 1.29 is 4.79 Å². The molecule has 0 spiro atoms. The van der Waals surface area contributed by atoms with E-state index in [0.717, 1.165) is 34.1 Å². The number of nitriles is 1. The lowest BCUT2D eigenvalue weighted by Crippen LogP contribution is -2.37. The molecule has 0 saturated carbocycles. The van der Waals surface area contributed by atoms with Crippen molar-refractivity contribution in [3.63, 3.8) is 0 Å². The maximum absolute atomic E-state index is 13.0. The highest BCUT2D eigenvalue weighted by atomic mass is 32.2. The van der Waals surface area contributed by atoms with E-state index in [1.807, 2.05) is 49.1 Å². The molecule has 28 heavy (non-hydrogen) atoms. The average molecular weight is 388 g/mol. The van der Waals surface area contributed by atoms with Crippen LogP contribution in [0.15, 0.2) is 47.5 Å². The minimum Gasteiger partial charge on any atom is -0.308 e. The molecule has 140 valence electrons. The van der Waals surface area contributed by atoms with Gasteiger partial charge in [-0.05, 0) is 62.1 Å². The van der Waals surface area contributed by atoms with Gasteiger partial charge in [0.1, 0.15) is 11.1 Å². The van der Waals surface area contributed by atoms with E-state index in [9.17, 15) is 10.1 Å². The summed E-state index contributed by atoms with van der Waals surface area (Å²) >= 11 is 1.35. The summed E-state index contributed by atoms with van der Waals surface area (Å²) < 4.78 is 0. The number of hydrogen-bond donors (Lipinski definition) is 0. The number of benzene rings is 2. The third-order valence-corrected chi connectivity index (χ3v) is 6.16. The summed E-state index contributed by atoms with van der Waals surface area (Å²) in [6.07, 6.45) is 0.878. The Morgan fingerprint density at radius 2 is 2.07 bits per heavy atom. The van der Waals surface area contributed by atoms with Gasteiger partial charge in [-0.15, -0.1) is 0 Å². The van der Waals surface area contributed by atoms with E-state index in [0.29, 0.717) is 10.6 Å². The molecule has 0 radical (unpaired) electrons. The fourth-order valence-electron chi connectivity index (χ4n) is 3.95. The summed E-state index contributed by atoms with van der Waals surface area (Å²) in [5, 5.41) is 11.2. The smallest absolute Gasteiger partial charge is 0.237 e. The SMILES string of the molecule is Cc1cc(C)c2cc(C#N)c(SCC(=O)N3c4ccccc4C[C@@H]3C)nc2c1.